The van der Waals surface area contributed by atoms with Gasteiger partial charge in [-0.3, -0.25) is 14.7 Å². The van der Waals surface area contributed by atoms with Crippen LogP contribution in [0.1, 0.15) is 0 Å². The number of benzene rings is 1. The van der Waals surface area contributed by atoms with Gasteiger partial charge < -0.3 is 34.9 Å². The molecule has 2 aromatic rings. The molecule has 2 atom stereocenters. The lowest BCUT2D eigenvalue weighted by atomic mass is 10.1. The van der Waals surface area contributed by atoms with E-state index in [1.165, 1.54) is 6.07 Å². The minimum atomic E-state index is -4.98. The number of nitro groups is 1. The number of aliphatic carboxylic acids is 1. The van der Waals surface area contributed by atoms with Crippen LogP contribution in [0.15, 0.2) is 30.6 Å². The summed E-state index contributed by atoms with van der Waals surface area (Å²) in [6.45, 7) is 0. The highest BCUT2D eigenvalue weighted by atomic mass is 35.5. The number of carbonyl (C=O) groups is 1. The third kappa shape index (κ3) is 6.01. The Kier molecular flexibility index (Phi) is 7.93. The molecule has 0 aliphatic carbocycles. The number of nitro benzene ring substituents is 1. The molecule has 27 heavy (non-hydrogen) atoms. The fraction of sp³-hybridized carbons (Fsp3) is 0.154. The molecule has 1 heterocycles. The highest BCUT2D eigenvalue weighted by Crippen LogP contribution is 2.41. The smallest absolute Gasteiger partial charge is 0.356 e. The van der Waals surface area contributed by atoms with Gasteiger partial charge in [0, 0.05) is 18.0 Å². The van der Waals surface area contributed by atoms with Crippen molar-refractivity contribution in [1.29, 1.82) is 0 Å². The van der Waals surface area contributed by atoms with Gasteiger partial charge >= 0.3 is 7.60 Å². The quantitative estimate of drug-likeness (QED) is 0.249. The second-order valence-electron chi connectivity index (χ2n) is 4.88. The molecule has 0 spiro atoms. The standard InChI is InChI=1S/C10H6Cl2N2O2.C3H7O7P/c11-8-3-1-2-6(10(8)14(15)16)7-4-13-5-9(7)12;4-1(2(5)6)3(7)11(8,9)10/h1-5,13H;1,3-4,7H,(H,5,6)(H2,8,9,10)/p-1. The van der Waals surface area contributed by atoms with E-state index in [4.69, 9.17) is 43.2 Å². The molecular weight excluding hydrogens is 430 g/mol. The van der Waals surface area contributed by atoms with Crippen LogP contribution in [-0.2, 0) is 9.36 Å². The Bertz CT molecular complexity index is 882. The number of aromatic amines is 1. The van der Waals surface area contributed by atoms with Crippen LogP contribution in [0.4, 0.5) is 5.69 Å². The molecule has 2 unspecified atom stereocenters. The highest BCUT2D eigenvalue weighted by molar-refractivity contribution is 7.52. The van der Waals surface area contributed by atoms with E-state index in [-0.39, 0.29) is 10.7 Å². The second-order valence-corrected chi connectivity index (χ2v) is 7.40. The summed E-state index contributed by atoms with van der Waals surface area (Å²) in [6, 6.07) is 4.73. The molecule has 0 bridgehead atoms. The predicted molar refractivity (Wildman–Crippen MR) is 92.0 cm³/mol. The minimum absolute atomic E-state index is 0.0970. The zero-order chi connectivity index (χ0) is 20.9. The van der Waals surface area contributed by atoms with E-state index in [1.54, 1.807) is 24.5 Å². The number of carbonyl (C=O) groups excluding carboxylic acids is 1. The number of H-pyrrole nitrogens is 1. The molecule has 2 rings (SSSR count). The lowest BCUT2D eigenvalue weighted by Gasteiger charge is -2.18. The highest BCUT2D eigenvalue weighted by Gasteiger charge is 2.33. The first kappa shape index (κ1) is 23.1. The molecule has 14 heteroatoms. The van der Waals surface area contributed by atoms with Gasteiger partial charge in [-0.05, 0) is 12.1 Å². The molecule has 11 nitrogen and oxygen atoms in total. The van der Waals surface area contributed by atoms with Gasteiger partial charge in [-0.1, -0.05) is 29.3 Å². The normalized spacial score (nSPS) is 13.3. The fourth-order valence-corrected chi connectivity index (χ4v) is 2.73. The van der Waals surface area contributed by atoms with E-state index in [1.807, 2.05) is 0 Å². The van der Waals surface area contributed by atoms with E-state index >= 15 is 0 Å². The Morgan fingerprint density at radius 2 is 1.74 bits per heavy atom. The van der Waals surface area contributed by atoms with Gasteiger partial charge in [-0.25, -0.2) is 0 Å². The SMILES string of the molecule is O=C([O-])C(O)C(O)P(=O)(O)O.O=[N+]([O-])c1c(Cl)cccc1-c1c[nH]cc1Cl. The van der Waals surface area contributed by atoms with Crippen LogP contribution in [0.3, 0.4) is 0 Å². The van der Waals surface area contributed by atoms with E-state index in [0.717, 1.165) is 0 Å². The van der Waals surface area contributed by atoms with Crippen LogP contribution >= 0.6 is 30.8 Å². The average Bonchev–Trinajstić information content (AvgIpc) is 2.98. The Morgan fingerprint density at radius 3 is 2.11 bits per heavy atom. The fourth-order valence-electron chi connectivity index (χ4n) is 1.78. The van der Waals surface area contributed by atoms with E-state index in [2.05, 4.69) is 4.98 Å². The Labute approximate surface area is 161 Å². The molecule has 0 radical (unpaired) electrons. The van der Waals surface area contributed by atoms with Crippen LogP contribution in [0.5, 0.6) is 0 Å². The molecule has 0 saturated carbocycles. The summed E-state index contributed by atoms with van der Waals surface area (Å²) in [4.78, 5) is 39.1. The van der Waals surface area contributed by atoms with Crippen LogP contribution < -0.4 is 5.11 Å². The number of carboxylic acids is 1. The van der Waals surface area contributed by atoms with Crippen molar-refractivity contribution < 1.29 is 39.4 Å². The van der Waals surface area contributed by atoms with Crippen LogP contribution in [0.2, 0.25) is 10.0 Å². The van der Waals surface area contributed by atoms with Gasteiger partial charge in [-0.2, -0.15) is 0 Å². The van der Waals surface area contributed by atoms with Crippen molar-refractivity contribution in [3.8, 4) is 11.1 Å². The lowest BCUT2D eigenvalue weighted by Crippen LogP contribution is -2.43. The Hall–Kier alpha value is -1.98. The summed E-state index contributed by atoms with van der Waals surface area (Å²) >= 11 is 11.7. The Balaban J connectivity index is 0.000000293. The number of carboxylic acid groups (broad SMARTS) is 1. The van der Waals surface area contributed by atoms with Crippen molar-refractivity contribution in [3.63, 3.8) is 0 Å². The van der Waals surface area contributed by atoms with Gasteiger partial charge in [-0.15, -0.1) is 0 Å². The number of halogens is 2. The number of hydrogen-bond donors (Lipinski definition) is 5. The third-order valence-electron chi connectivity index (χ3n) is 3.02. The second kappa shape index (κ2) is 9.29. The van der Waals surface area contributed by atoms with Gasteiger partial charge in [0.1, 0.15) is 11.1 Å². The van der Waals surface area contributed by atoms with E-state index < -0.39 is 30.4 Å². The van der Waals surface area contributed by atoms with Crippen LogP contribution in [-0.4, -0.2) is 47.8 Å². The number of aliphatic hydroxyl groups excluding tert-OH is 2. The van der Waals surface area contributed by atoms with Crippen LogP contribution in [0, 0.1) is 10.1 Å². The predicted octanol–water partition coefficient (Wildman–Crippen LogP) is 0.490. The molecule has 0 fully saturated rings. The summed E-state index contributed by atoms with van der Waals surface area (Å²) in [5, 5.41) is 37.9. The maximum absolute atomic E-state index is 10.9. The molecule has 0 aliphatic heterocycles. The zero-order valence-electron chi connectivity index (χ0n) is 13.0. The number of hydrogen-bond acceptors (Lipinski definition) is 7. The first-order chi connectivity index (χ1) is 12.4. The van der Waals surface area contributed by atoms with Crippen molar-refractivity contribution in [3.05, 3.63) is 50.8 Å². The summed E-state index contributed by atoms with van der Waals surface area (Å²) in [7, 11) is -4.98. The Morgan fingerprint density at radius 1 is 1.15 bits per heavy atom. The van der Waals surface area contributed by atoms with E-state index in [0.29, 0.717) is 16.1 Å². The number of nitrogens with one attached hydrogen (secondary N) is 1. The maximum Gasteiger partial charge on any atom is 0.356 e. The van der Waals surface area contributed by atoms with Crippen molar-refractivity contribution in [2.24, 2.45) is 0 Å². The van der Waals surface area contributed by atoms with Gasteiger partial charge in [0.25, 0.3) is 5.69 Å². The lowest BCUT2D eigenvalue weighted by molar-refractivity contribution is -0.384. The van der Waals surface area contributed by atoms with Gasteiger partial charge in [0.05, 0.1) is 21.5 Å². The maximum atomic E-state index is 10.9. The molecule has 0 aliphatic rings. The van der Waals surface area contributed by atoms with Crippen molar-refractivity contribution in [1.82, 2.24) is 4.98 Å². The zero-order valence-corrected chi connectivity index (χ0v) is 15.4. The molecule has 1 aromatic carbocycles. The molecule has 5 N–H and O–H groups in total. The molecule has 0 amide bonds. The van der Waals surface area contributed by atoms with Gasteiger partial charge in [0.15, 0.2) is 5.85 Å². The minimum Gasteiger partial charge on any atom is -0.547 e. The summed E-state index contributed by atoms with van der Waals surface area (Å²) < 4.78 is 10.1. The number of rotatable bonds is 5. The summed E-state index contributed by atoms with van der Waals surface area (Å²) in [5.74, 6) is -4.77. The third-order valence-corrected chi connectivity index (χ3v) is 4.61. The van der Waals surface area contributed by atoms with Crippen LogP contribution in [0.25, 0.3) is 11.1 Å². The number of para-hydroxylation sites is 1. The first-order valence-electron chi connectivity index (χ1n) is 6.75. The molecule has 148 valence electrons. The van der Waals surface area contributed by atoms with Crippen molar-refractivity contribution in [2.45, 2.75) is 11.9 Å². The molecule has 0 saturated heterocycles. The number of aliphatic hydroxyl groups is 2. The van der Waals surface area contributed by atoms with Gasteiger partial charge in [0.2, 0.25) is 0 Å². The van der Waals surface area contributed by atoms with Crippen molar-refractivity contribution in [2.75, 3.05) is 0 Å². The topological polar surface area (TPSA) is 197 Å². The summed E-state index contributed by atoms with van der Waals surface area (Å²) in [5.41, 5.74) is 0.838. The molecular formula is C13H12Cl2N2O9P-. The average molecular weight is 442 g/mol. The molecule has 1 aromatic heterocycles. The van der Waals surface area contributed by atoms with Crippen molar-refractivity contribution >= 4 is 42.5 Å². The number of aromatic nitrogens is 1. The largest absolute Gasteiger partial charge is 0.547 e. The van der Waals surface area contributed by atoms with E-state index in [9.17, 15) is 24.6 Å². The monoisotopic (exact) mass is 441 g/mol. The number of nitrogens with zero attached hydrogens (tertiary/aromatic N) is 1. The summed E-state index contributed by atoms with van der Waals surface area (Å²) in [6.07, 6.45) is 0.582. The first-order valence-corrected chi connectivity index (χ1v) is 9.19.